The lowest BCUT2D eigenvalue weighted by Crippen LogP contribution is -2.19. The van der Waals surface area contributed by atoms with Gasteiger partial charge in [0, 0.05) is 11.4 Å². The average Bonchev–Trinajstić information content (AvgIpc) is 2.93. The Kier molecular flexibility index (Phi) is 2.70. The van der Waals surface area contributed by atoms with E-state index < -0.39 is 0 Å². The first kappa shape index (κ1) is 12.6. The van der Waals surface area contributed by atoms with Crippen molar-refractivity contribution in [3.63, 3.8) is 0 Å². The zero-order valence-corrected chi connectivity index (χ0v) is 13.7. The summed E-state index contributed by atoms with van der Waals surface area (Å²) in [6.07, 6.45) is 2.66. The second-order valence-corrected chi connectivity index (χ2v) is 8.14. The third-order valence-electron chi connectivity index (χ3n) is 4.18. The fraction of sp³-hybridized carbons (Fsp3) is 0.312. The van der Waals surface area contributed by atoms with Gasteiger partial charge >= 0.3 is 0 Å². The molecule has 5 heteroatoms. The van der Waals surface area contributed by atoms with Gasteiger partial charge in [0.25, 0.3) is 0 Å². The van der Waals surface area contributed by atoms with E-state index in [9.17, 15) is 0 Å². The second-order valence-electron chi connectivity index (χ2n) is 5.67. The number of thioether (sulfide) groups is 1. The molecule has 0 amide bonds. The molecule has 3 aliphatic rings. The normalized spacial score (nSPS) is 21.4. The molecule has 2 nitrogen and oxygen atoms in total. The van der Waals surface area contributed by atoms with Gasteiger partial charge in [-0.2, -0.15) is 0 Å². The minimum absolute atomic E-state index is 0.763. The highest BCUT2D eigenvalue weighted by molar-refractivity contribution is 8.17. The van der Waals surface area contributed by atoms with Crippen LogP contribution in [0.4, 0.5) is 0 Å². The van der Waals surface area contributed by atoms with E-state index in [0.717, 1.165) is 24.0 Å². The minimum Gasteiger partial charge on any atom is -0.317 e. The summed E-state index contributed by atoms with van der Waals surface area (Å²) < 4.78 is 1.20. The van der Waals surface area contributed by atoms with Crippen LogP contribution >= 0.6 is 34.7 Å². The molecule has 1 fully saturated rings. The maximum atomic E-state index is 6.35. The number of amidine groups is 1. The number of benzene rings is 1. The highest BCUT2D eigenvalue weighted by Crippen LogP contribution is 2.53. The summed E-state index contributed by atoms with van der Waals surface area (Å²) in [4.78, 5) is 9.95. The SMILES string of the molecule is Clc1cccc2cc(C3=C(C4CC4)SC4=NCCN43)sc12. The van der Waals surface area contributed by atoms with Crippen molar-refractivity contribution in [3.8, 4) is 0 Å². The van der Waals surface area contributed by atoms with Gasteiger partial charge in [-0.15, -0.1) is 11.3 Å². The molecule has 1 saturated carbocycles. The Morgan fingerprint density at radius 3 is 3.00 bits per heavy atom. The van der Waals surface area contributed by atoms with Crippen molar-refractivity contribution in [2.45, 2.75) is 12.8 Å². The highest BCUT2D eigenvalue weighted by atomic mass is 35.5. The monoisotopic (exact) mass is 332 g/mol. The van der Waals surface area contributed by atoms with Crippen molar-refractivity contribution >= 4 is 55.7 Å². The summed E-state index contributed by atoms with van der Waals surface area (Å²) in [5.74, 6) is 0.763. The van der Waals surface area contributed by atoms with Crippen molar-refractivity contribution in [2.75, 3.05) is 13.1 Å². The van der Waals surface area contributed by atoms with Crippen LogP contribution in [0.15, 0.2) is 34.2 Å². The molecule has 5 rings (SSSR count). The molecule has 3 heterocycles. The third-order valence-corrected chi connectivity index (χ3v) is 7.08. The Morgan fingerprint density at radius 1 is 1.29 bits per heavy atom. The number of rotatable bonds is 2. The molecule has 1 aromatic heterocycles. The van der Waals surface area contributed by atoms with Gasteiger partial charge in [-0.1, -0.05) is 35.5 Å². The number of aliphatic imine (C=N–C) groups is 1. The molecule has 0 bridgehead atoms. The van der Waals surface area contributed by atoms with Crippen LogP contribution in [0.5, 0.6) is 0 Å². The van der Waals surface area contributed by atoms with Gasteiger partial charge in [0.05, 0.1) is 26.8 Å². The van der Waals surface area contributed by atoms with Crippen LogP contribution in [0.3, 0.4) is 0 Å². The highest BCUT2D eigenvalue weighted by Gasteiger charge is 2.40. The first-order valence-corrected chi connectivity index (χ1v) is 9.25. The number of halogens is 1. The molecule has 0 radical (unpaired) electrons. The van der Waals surface area contributed by atoms with Gasteiger partial charge in [-0.05, 0) is 36.3 Å². The molecule has 0 spiro atoms. The fourth-order valence-electron chi connectivity index (χ4n) is 3.02. The van der Waals surface area contributed by atoms with E-state index in [1.54, 1.807) is 0 Å². The van der Waals surface area contributed by atoms with Gasteiger partial charge < -0.3 is 4.90 Å². The van der Waals surface area contributed by atoms with Crippen molar-refractivity contribution in [2.24, 2.45) is 10.9 Å². The minimum atomic E-state index is 0.763. The van der Waals surface area contributed by atoms with Gasteiger partial charge in [0.2, 0.25) is 0 Å². The Morgan fingerprint density at radius 2 is 2.19 bits per heavy atom. The maximum absolute atomic E-state index is 6.35. The molecule has 0 N–H and O–H groups in total. The van der Waals surface area contributed by atoms with Crippen LogP contribution in [0.25, 0.3) is 15.8 Å². The van der Waals surface area contributed by atoms with Crippen LogP contribution in [-0.4, -0.2) is 23.2 Å². The molecule has 21 heavy (non-hydrogen) atoms. The summed E-state index contributed by atoms with van der Waals surface area (Å²) >= 11 is 10.1. The van der Waals surface area contributed by atoms with Gasteiger partial charge in [-0.25, -0.2) is 0 Å². The quantitative estimate of drug-likeness (QED) is 0.764. The molecular formula is C16H13ClN2S2. The standard InChI is InChI=1S/C16H13ClN2S2/c17-11-3-1-2-10-8-12(20-14(10)11)13-15(9-4-5-9)21-16-18-6-7-19(13)16/h1-3,8-9H,4-7H2. The smallest absolute Gasteiger partial charge is 0.168 e. The fourth-order valence-corrected chi connectivity index (χ4v) is 5.88. The summed E-state index contributed by atoms with van der Waals surface area (Å²) in [6.45, 7) is 1.95. The van der Waals surface area contributed by atoms with Crippen molar-refractivity contribution in [1.82, 2.24) is 4.90 Å². The topological polar surface area (TPSA) is 15.6 Å². The van der Waals surface area contributed by atoms with Gasteiger partial charge in [0.15, 0.2) is 5.17 Å². The van der Waals surface area contributed by atoms with E-state index in [-0.39, 0.29) is 0 Å². The van der Waals surface area contributed by atoms with Gasteiger partial charge in [0.1, 0.15) is 0 Å². The Hall–Kier alpha value is -0.970. The van der Waals surface area contributed by atoms with Crippen LogP contribution in [0.2, 0.25) is 5.02 Å². The van der Waals surface area contributed by atoms with Crippen LogP contribution in [0.1, 0.15) is 17.7 Å². The number of allylic oxidation sites excluding steroid dienone is 1. The van der Waals surface area contributed by atoms with E-state index >= 15 is 0 Å². The van der Waals surface area contributed by atoms with Crippen molar-refractivity contribution < 1.29 is 0 Å². The molecular weight excluding hydrogens is 320 g/mol. The molecule has 1 aliphatic carbocycles. The summed E-state index contributed by atoms with van der Waals surface area (Å²) in [6, 6.07) is 8.46. The van der Waals surface area contributed by atoms with E-state index in [0.29, 0.717) is 0 Å². The Balaban J connectivity index is 1.70. The summed E-state index contributed by atoms with van der Waals surface area (Å²) in [5, 5.41) is 3.31. The zero-order chi connectivity index (χ0) is 14.0. The molecule has 2 aliphatic heterocycles. The molecule has 106 valence electrons. The number of hydrogen-bond donors (Lipinski definition) is 0. The van der Waals surface area contributed by atoms with Crippen LogP contribution in [-0.2, 0) is 0 Å². The van der Waals surface area contributed by atoms with Crippen LogP contribution in [0, 0.1) is 5.92 Å². The number of nitrogens with zero attached hydrogens (tertiary/aromatic N) is 2. The van der Waals surface area contributed by atoms with Gasteiger partial charge in [-0.3, -0.25) is 4.99 Å². The predicted molar refractivity (Wildman–Crippen MR) is 93.1 cm³/mol. The molecule has 2 aromatic rings. The maximum Gasteiger partial charge on any atom is 0.168 e. The summed E-state index contributed by atoms with van der Waals surface area (Å²) in [5.41, 5.74) is 1.41. The third kappa shape index (κ3) is 1.89. The van der Waals surface area contributed by atoms with E-state index in [1.807, 2.05) is 35.2 Å². The van der Waals surface area contributed by atoms with E-state index in [4.69, 9.17) is 11.6 Å². The Labute approximate surface area is 136 Å². The lowest BCUT2D eigenvalue weighted by molar-refractivity contribution is 0.647. The number of fused-ring (bicyclic) bond motifs is 2. The molecule has 0 atom stereocenters. The lowest BCUT2D eigenvalue weighted by Gasteiger charge is -2.15. The molecule has 1 aromatic carbocycles. The number of thiophene rings is 1. The number of hydrogen-bond acceptors (Lipinski definition) is 4. The predicted octanol–water partition coefficient (Wildman–Crippen LogP) is 5.05. The first-order valence-electron chi connectivity index (χ1n) is 7.24. The van der Waals surface area contributed by atoms with Crippen molar-refractivity contribution in [3.05, 3.63) is 39.1 Å². The summed E-state index contributed by atoms with van der Waals surface area (Å²) in [7, 11) is 0. The lowest BCUT2D eigenvalue weighted by atomic mass is 10.2. The molecule has 0 saturated heterocycles. The average molecular weight is 333 g/mol. The second kappa shape index (κ2) is 4.51. The van der Waals surface area contributed by atoms with E-state index in [1.165, 1.54) is 43.6 Å². The largest absolute Gasteiger partial charge is 0.317 e. The zero-order valence-electron chi connectivity index (χ0n) is 11.3. The molecule has 0 unspecified atom stereocenters. The first-order chi connectivity index (χ1) is 10.3. The van der Waals surface area contributed by atoms with E-state index in [2.05, 4.69) is 22.0 Å². The Bertz CT molecular complexity index is 817. The van der Waals surface area contributed by atoms with Crippen LogP contribution < -0.4 is 0 Å². The van der Waals surface area contributed by atoms with Crippen molar-refractivity contribution in [1.29, 1.82) is 0 Å².